The average molecular weight is 312 g/mol. The van der Waals surface area contributed by atoms with E-state index in [0.29, 0.717) is 13.2 Å². The molecule has 0 radical (unpaired) electrons. The molecule has 114 valence electrons. The number of halogens is 2. The number of imidazole rings is 1. The zero-order valence-electron chi connectivity index (χ0n) is 12.2. The van der Waals surface area contributed by atoms with Crippen LogP contribution in [0.4, 0.5) is 10.3 Å². The summed E-state index contributed by atoms with van der Waals surface area (Å²) in [5, 5.41) is 3.39. The van der Waals surface area contributed by atoms with E-state index in [0.717, 1.165) is 30.2 Å². The first kappa shape index (κ1) is 15.8. The molecule has 1 heterocycles. The quantitative estimate of drug-likeness (QED) is 0.794. The third-order valence-corrected chi connectivity index (χ3v) is 3.37. The number of benzene rings is 1. The summed E-state index contributed by atoms with van der Waals surface area (Å²) in [7, 11) is 1.69. The zero-order valence-corrected chi connectivity index (χ0v) is 13.0. The van der Waals surface area contributed by atoms with Gasteiger partial charge in [0.2, 0.25) is 5.95 Å². The van der Waals surface area contributed by atoms with Gasteiger partial charge in [0, 0.05) is 33.0 Å². The highest BCUT2D eigenvalue weighted by Crippen LogP contribution is 2.17. The predicted molar refractivity (Wildman–Crippen MR) is 82.2 cm³/mol. The minimum absolute atomic E-state index is 0.133. The highest BCUT2D eigenvalue weighted by atomic mass is 35.5. The van der Waals surface area contributed by atoms with Crippen molar-refractivity contribution in [3.8, 4) is 0 Å². The second-order valence-electron chi connectivity index (χ2n) is 4.85. The van der Waals surface area contributed by atoms with Crippen molar-refractivity contribution in [2.75, 3.05) is 19.0 Å². The molecular formula is C15H19ClFN3O. The van der Waals surface area contributed by atoms with Crippen LogP contribution in [0.25, 0.3) is 0 Å². The largest absolute Gasteiger partial charge is 0.385 e. The second-order valence-corrected chi connectivity index (χ2v) is 5.25. The predicted octanol–water partition coefficient (Wildman–Crippen LogP) is 3.63. The Morgan fingerprint density at radius 3 is 2.95 bits per heavy atom. The number of rotatable bonds is 7. The minimum Gasteiger partial charge on any atom is -0.385 e. The number of aromatic nitrogens is 2. The molecule has 0 aliphatic heterocycles. The van der Waals surface area contributed by atoms with Crippen molar-refractivity contribution < 1.29 is 9.13 Å². The number of hydrogen-bond donors (Lipinski definition) is 1. The monoisotopic (exact) mass is 311 g/mol. The van der Waals surface area contributed by atoms with Crippen molar-refractivity contribution in [3.63, 3.8) is 0 Å². The van der Waals surface area contributed by atoms with Crippen LogP contribution < -0.4 is 5.32 Å². The van der Waals surface area contributed by atoms with Crippen LogP contribution in [0.15, 0.2) is 24.4 Å². The first-order chi connectivity index (χ1) is 10.1. The van der Waals surface area contributed by atoms with Crippen LogP contribution in [-0.4, -0.2) is 23.3 Å². The molecule has 0 spiro atoms. The Balaban J connectivity index is 2.00. The maximum atomic E-state index is 13.1. The highest BCUT2D eigenvalue weighted by molar-refractivity contribution is 6.30. The van der Waals surface area contributed by atoms with Crippen molar-refractivity contribution in [1.82, 2.24) is 9.55 Å². The lowest BCUT2D eigenvalue weighted by atomic mass is 10.2. The van der Waals surface area contributed by atoms with Crippen LogP contribution in [0.3, 0.4) is 0 Å². The molecule has 0 aliphatic rings. The molecule has 0 fully saturated rings. The first-order valence-electron chi connectivity index (χ1n) is 6.80. The Labute approximate surface area is 128 Å². The summed E-state index contributed by atoms with van der Waals surface area (Å²) in [6.45, 7) is 4.04. The molecule has 0 amide bonds. The lowest BCUT2D eigenvalue weighted by Crippen LogP contribution is -2.08. The van der Waals surface area contributed by atoms with Crippen LogP contribution >= 0.6 is 11.6 Å². The molecule has 1 aromatic carbocycles. The first-order valence-corrected chi connectivity index (χ1v) is 7.18. The van der Waals surface area contributed by atoms with Crippen LogP contribution in [-0.2, 0) is 17.8 Å². The molecule has 0 saturated heterocycles. The van der Waals surface area contributed by atoms with Gasteiger partial charge in [-0.3, -0.25) is 0 Å². The Bertz CT molecular complexity index is 601. The molecule has 0 aliphatic carbocycles. The lowest BCUT2D eigenvalue weighted by Gasteiger charge is -2.10. The SMILES string of the molecule is COCCCn1cc(C)nc1NCc1ccc(F)c(Cl)c1. The average Bonchev–Trinajstić information content (AvgIpc) is 2.81. The Morgan fingerprint density at radius 2 is 2.24 bits per heavy atom. The molecule has 6 heteroatoms. The zero-order chi connectivity index (χ0) is 15.2. The summed E-state index contributed by atoms with van der Waals surface area (Å²) >= 11 is 5.78. The van der Waals surface area contributed by atoms with E-state index in [1.165, 1.54) is 6.07 Å². The number of aryl methyl sites for hydroxylation is 2. The number of hydrogen-bond acceptors (Lipinski definition) is 3. The maximum absolute atomic E-state index is 13.1. The van der Waals surface area contributed by atoms with E-state index in [1.54, 1.807) is 19.2 Å². The molecule has 1 aromatic heterocycles. The summed E-state index contributed by atoms with van der Waals surface area (Å²) < 4.78 is 20.2. The Kier molecular flexibility index (Phi) is 5.59. The van der Waals surface area contributed by atoms with Crippen LogP contribution in [0.1, 0.15) is 17.7 Å². The molecule has 0 unspecified atom stereocenters. The molecule has 2 aromatic rings. The summed E-state index contributed by atoms with van der Waals surface area (Å²) in [6, 6.07) is 4.70. The molecule has 2 rings (SSSR count). The van der Waals surface area contributed by atoms with Crippen molar-refractivity contribution in [2.45, 2.75) is 26.4 Å². The van der Waals surface area contributed by atoms with Gasteiger partial charge in [-0.2, -0.15) is 0 Å². The third-order valence-electron chi connectivity index (χ3n) is 3.08. The van der Waals surface area contributed by atoms with E-state index in [2.05, 4.69) is 14.9 Å². The molecule has 21 heavy (non-hydrogen) atoms. The lowest BCUT2D eigenvalue weighted by molar-refractivity contribution is 0.190. The van der Waals surface area contributed by atoms with Crippen molar-refractivity contribution in [1.29, 1.82) is 0 Å². The summed E-state index contributed by atoms with van der Waals surface area (Å²) in [6.07, 6.45) is 2.92. The number of ether oxygens (including phenoxy) is 1. The van der Waals surface area contributed by atoms with Gasteiger partial charge in [-0.25, -0.2) is 9.37 Å². The van der Waals surface area contributed by atoms with Gasteiger partial charge in [0.15, 0.2) is 0 Å². The molecule has 0 atom stereocenters. The fraction of sp³-hybridized carbons (Fsp3) is 0.400. The fourth-order valence-corrected chi connectivity index (χ4v) is 2.27. The topological polar surface area (TPSA) is 39.1 Å². The van der Waals surface area contributed by atoms with Crippen molar-refractivity contribution in [3.05, 3.63) is 46.5 Å². The van der Waals surface area contributed by atoms with Gasteiger partial charge in [0.1, 0.15) is 5.82 Å². The minimum atomic E-state index is -0.405. The summed E-state index contributed by atoms with van der Waals surface area (Å²) in [5.41, 5.74) is 1.86. The Morgan fingerprint density at radius 1 is 1.43 bits per heavy atom. The Hall–Kier alpha value is -1.59. The fourth-order valence-electron chi connectivity index (χ4n) is 2.07. The number of methoxy groups -OCH3 is 1. The van der Waals surface area contributed by atoms with Crippen molar-refractivity contribution >= 4 is 17.5 Å². The molecule has 4 nitrogen and oxygen atoms in total. The molecular weight excluding hydrogens is 293 g/mol. The van der Waals surface area contributed by atoms with Gasteiger partial charge >= 0.3 is 0 Å². The van der Waals surface area contributed by atoms with Gasteiger partial charge < -0.3 is 14.6 Å². The second kappa shape index (κ2) is 7.43. The van der Waals surface area contributed by atoms with E-state index < -0.39 is 5.82 Å². The number of nitrogens with zero attached hydrogens (tertiary/aromatic N) is 2. The number of anilines is 1. The van der Waals surface area contributed by atoms with Crippen LogP contribution in [0.2, 0.25) is 5.02 Å². The molecule has 1 N–H and O–H groups in total. The van der Waals surface area contributed by atoms with E-state index in [4.69, 9.17) is 16.3 Å². The van der Waals surface area contributed by atoms with E-state index in [9.17, 15) is 4.39 Å². The molecule has 0 saturated carbocycles. The number of nitrogens with one attached hydrogen (secondary N) is 1. The van der Waals surface area contributed by atoms with E-state index in [1.807, 2.05) is 13.1 Å². The standard InChI is InChI=1S/C15H19ClFN3O/c1-11-10-20(6-3-7-21-2)15(19-11)18-9-12-4-5-14(17)13(16)8-12/h4-5,8,10H,3,6-7,9H2,1-2H3,(H,18,19). The van der Waals surface area contributed by atoms with E-state index >= 15 is 0 Å². The normalized spacial score (nSPS) is 10.9. The van der Waals surface area contributed by atoms with Gasteiger partial charge in [-0.05, 0) is 31.0 Å². The third kappa shape index (κ3) is 4.44. The van der Waals surface area contributed by atoms with Crippen LogP contribution in [0, 0.1) is 12.7 Å². The van der Waals surface area contributed by atoms with Gasteiger partial charge in [0.25, 0.3) is 0 Å². The van der Waals surface area contributed by atoms with Crippen LogP contribution in [0.5, 0.6) is 0 Å². The summed E-state index contributed by atoms with van der Waals surface area (Å²) in [5.74, 6) is 0.390. The maximum Gasteiger partial charge on any atom is 0.203 e. The van der Waals surface area contributed by atoms with Gasteiger partial charge in [-0.15, -0.1) is 0 Å². The van der Waals surface area contributed by atoms with Crippen molar-refractivity contribution in [2.24, 2.45) is 0 Å². The van der Waals surface area contributed by atoms with Gasteiger partial charge in [0.05, 0.1) is 10.7 Å². The summed E-state index contributed by atoms with van der Waals surface area (Å²) in [4.78, 5) is 4.45. The smallest absolute Gasteiger partial charge is 0.203 e. The van der Waals surface area contributed by atoms with E-state index in [-0.39, 0.29) is 5.02 Å². The molecule has 0 bridgehead atoms. The highest BCUT2D eigenvalue weighted by Gasteiger charge is 2.06. The van der Waals surface area contributed by atoms with Gasteiger partial charge in [-0.1, -0.05) is 17.7 Å².